The van der Waals surface area contributed by atoms with E-state index in [0.29, 0.717) is 0 Å². The molecule has 0 radical (unpaired) electrons. The van der Waals surface area contributed by atoms with Gasteiger partial charge in [0, 0.05) is 23.5 Å². The average Bonchev–Trinajstić information content (AvgIpc) is 2.14. The first-order chi connectivity index (χ1) is 6.26. The van der Waals surface area contributed by atoms with Crippen molar-refractivity contribution < 1.29 is 4.74 Å². The molecule has 1 heterocycles. The normalized spacial score (nSPS) is 19.2. The van der Waals surface area contributed by atoms with Crippen LogP contribution in [0.15, 0.2) is 18.5 Å². The summed E-state index contributed by atoms with van der Waals surface area (Å²) < 4.78 is 5.25. The summed E-state index contributed by atoms with van der Waals surface area (Å²) in [5, 5.41) is 0. The molecule has 1 fully saturated rings. The molecular weight excluding hydrogens is 164 g/mol. The highest BCUT2D eigenvalue weighted by Crippen LogP contribution is 2.41. The van der Waals surface area contributed by atoms with Gasteiger partial charge in [-0.3, -0.25) is 4.98 Å². The lowest BCUT2D eigenvalue weighted by Crippen LogP contribution is -2.43. The summed E-state index contributed by atoms with van der Waals surface area (Å²) in [6, 6.07) is 1.86. The number of hydrogen-bond acceptors (Lipinski definition) is 3. The van der Waals surface area contributed by atoms with E-state index in [1.165, 1.54) is 6.42 Å². The van der Waals surface area contributed by atoms with Gasteiger partial charge in [0.2, 0.25) is 0 Å². The van der Waals surface area contributed by atoms with Gasteiger partial charge in [-0.25, -0.2) is 0 Å². The third kappa shape index (κ3) is 1.29. The molecule has 1 aromatic rings. The lowest BCUT2D eigenvalue weighted by Gasteiger charge is -2.38. The van der Waals surface area contributed by atoms with Gasteiger partial charge in [-0.05, 0) is 25.3 Å². The molecule has 70 valence electrons. The lowest BCUT2D eigenvalue weighted by molar-refractivity contribution is 0.243. The van der Waals surface area contributed by atoms with Gasteiger partial charge in [0.1, 0.15) is 5.75 Å². The highest BCUT2D eigenvalue weighted by molar-refractivity contribution is 5.37. The quantitative estimate of drug-likeness (QED) is 0.745. The summed E-state index contributed by atoms with van der Waals surface area (Å²) >= 11 is 0. The average molecular weight is 178 g/mol. The first-order valence-electron chi connectivity index (χ1n) is 4.54. The lowest BCUT2D eigenvalue weighted by atomic mass is 9.73. The van der Waals surface area contributed by atoms with Crippen LogP contribution < -0.4 is 10.5 Å². The third-order valence-corrected chi connectivity index (χ3v) is 2.78. The Morgan fingerprint density at radius 1 is 1.54 bits per heavy atom. The van der Waals surface area contributed by atoms with Crippen LogP contribution in [-0.2, 0) is 5.54 Å². The number of ether oxygens (including phenoxy) is 1. The molecule has 13 heavy (non-hydrogen) atoms. The second kappa shape index (κ2) is 3.00. The smallest absolute Gasteiger partial charge is 0.126 e. The van der Waals surface area contributed by atoms with E-state index in [-0.39, 0.29) is 5.54 Å². The van der Waals surface area contributed by atoms with Crippen molar-refractivity contribution in [3.8, 4) is 5.75 Å². The Morgan fingerprint density at radius 2 is 2.31 bits per heavy atom. The fourth-order valence-corrected chi connectivity index (χ4v) is 1.76. The molecule has 0 atom stereocenters. The molecule has 1 aromatic heterocycles. The molecule has 0 aromatic carbocycles. The van der Waals surface area contributed by atoms with Crippen LogP contribution in [0.2, 0.25) is 0 Å². The first-order valence-corrected chi connectivity index (χ1v) is 4.54. The van der Waals surface area contributed by atoms with Gasteiger partial charge >= 0.3 is 0 Å². The van der Waals surface area contributed by atoms with E-state index in [4.69, 9.17) is 10.5 Å². The zero-order valence-electron chi connectivity index (χ0n) is 7.79. The monoisotopic (exact) mass is 178 g/mol. The van der Waals surface area contributed by atoms with E-state index >= 15 is 0 Å². The Morgan fingerprint density at radius 3 is 2.85 bits per heavy atom. The Bertz CT molecular complexity index is 308. The van der Waals surface area contributed by atoms with Crippen molar-refractivity contribution in [3.63, 3.8) is 0 Å². The van der Waals surface area contributed by atoms with Crippen LogP contribution in [0.1, 0.15) is 24.8 Å². The topological polar surface area (TPSA) is 48.1 Å². The van der Waals surface area contributed by atoms with Gasteiger partial charge in [0.15, 0.2) is 0 Å². The van der Waals surface area contributed by atoms with Crippen molar-refractivity contribution in [1.29, 1.82) is 0 Å². The van der Waals surface area contributed by atoms with Crippen LogP contribution >= 0.6 is 0 Å². The molecule has 3 heteroatoms. The van der Waals surface area contributed by atoms with Gasteiger partial charge in [-0.1, -0.05) is 0 Å². The van der Waals surface area contributed by atoms with Crippen LogP contribution in [-0.4, -0.2) is 12.1 Å². The SMILES string of the molecule is COc1ccncc1C1(N)CCC1. The fourth-order valence-electron chi connectivity index (χ4n) is 1.76. The first kappa shape index (κ1) is 8.51. The van der Waals surface area contributed by atoms with Gasteiger partial charge < -0.3 is 10.5 Å². The fraction of sp³-hybridized carbons (Fsp3) is 0.500. The molecule has 2 N–H and O–H groups in total. The summed E-state index contributed by atoms with van der Waals surface area (Å²) in [6.45, 7) is 0. The summed E-state index contributed by atoms with van der Waals surface area (Å²) in [5.74, 6) is 0.859. The number of nitrogens with two attached hydrogens (primary N) is 1. The van der Waals surface area contributed by atoms with E-state index in [1.54, 1.807) is 13.3 Å². The number of hydrogen-bond donors (Lipinski definition) is 1. The predicted molar refractivity (Wildman–Crippen MR) is 50.5 cm³/mol. The van der Waals surface area contributed by atoms with Gasteiger partial charge in [0.05, 0.1) is 7.11 Å². The molecule has 0 unspecified atom stereocenters. The van der Waals surface area contributed by atoms with Crippen LogP contribution in [0.4, 0.5) is 0 Å². The minimum Gasteiger partial charge on any atom is -0.496 e. The van der Waals surface area contributed by atoms with Crippen LogP contribution in [0, 0.1) is 0 Å². The summed E-state index contributed by atoms with van der Waals surface area (Å²) in [4.78, 5) is 4.08. The summed E-state index contributed by atoms with van der Waals surface area (Å²) in [6.07, 6.45) is 6.82. The maximum absolute atomic E-state index is 6.18. The zero-order chi connectivity index (χ0) is 9.31. The van der Waals surface area contributed by atoms with Crippen LogP contribution in [0.25, 0.3) is 0 Å². The molecule has 2 rings (SSSR count). The second-order valence-corrected chi connectivity index (χ2v) is 3.59. The number of nitrogens with zero attached hydrogens (tertiary/aromatic N) is 1. The molecule has 0 saturated heterocycles. The predicted octanol–water partition coefficient (Wildman–Crippen LogP) is 1.43. The molecule has 1 saturated carbocycles. The Hall–Kier alpha value is -1.09. The Kier molecular flexibility index (Phi) is 1.96. The largest absolute Gasteiger partial charge is 0.496 e. The molecule has 1 aliphatic rings. The number of methoxy groups -OCH3 is 1. The second-order valence-electron chi connectivity index (χ2n) is 3.59. The summed E-state index contributed by atoms with van der Waals surface area (Å²) in [7, 11) is 1.67. The number of pyridine rings is 1. The van der Waals surface area contributed by atoms with Crippen LogP contribution in [0.5, 0.6) is 5.75 Å². The van der Waals surface area contributed by atoms with E-state index in [2.05, 4.69) is 4.98 Å². The van der Waals surface area contributed by atoms with E-state index in [9.17, 15) is 0 Å². The number of rotatable bonds is 2. The highest BCUT2D eigenvalue weighted by atomic mass is 16.5. The Balaban J connectivity index is 2.38. The highest BCUT2D eigenvalue weighted by Gasteiger charge is 2.36. The van der Waals surface area contributed by atoms with Crippen molar-refractivity contribution >= 4 is 0 Å². The molecule has 3 nitrogen and oxygen atoms in total. The third-order valence-electron chi connectivity index (χ3n) is 2.78. The molecule has 0 bridgehead atoms. The van der Waals surface area contributed by atoms with Gasteiger partial charge in [0.25, 0.3) is 0 Å². The van der Waals surface area contributed by atoms with Gasteiger partial charge in [-0.15, -0.1) is 0 Å². The van der Waals surface area contributed by atoms with Crippen molar-refractivity contribution in [1.82, 2.24) is 4.98 Å². The van der Waals surface area contributed by atoms with Crippen molar-refractivity contribution in [2.24, 2.45) is 5.73 Å². The Labute approximate surface area is 77.9 Å². The molecule has 0 spiro atoms. The van der Waals surface area contributed by atoms with E-state index in [0.717, 1.165) is 24.2 Å². The van der Waals surface area contributed by atoms with Crippen molar-refractivity contribution in [2.45, 2.75) is 24.8 Å². The molecule has 1 aliphatic carbocycles. The van der Waals surface area contributed by atoms with E-state index in [1.807, 2.05) is 12.3 Å². The van der Waals surface area contributed by atoms with Crippen LogP contribution in [0.3, 0.4) is 0 Å². The van der Waals surface area contributed by atoms with Crippen molar-refractivity contribution in [2.75, 3.05) is 7.11 Å². The van der Waals surface area contributed by atoms with Crippen molar-refractivity contribution in [3.05, 3.63) is 24.0 Å². The maximum Gasteiger partial charge on any atom is 0.126 e. The van der Waals surface area contributed by atoms with Gasteiger partial charge in [-0.2, -0.15) is 0 Å². The molecular formula is C10H14N2O. The minimum atomic E-state index is -0.181. The molecule has 0 amide bonds. The minimum absolute atomic E-state index is 0.181. The molecule has 0 aliphatic heterocycles. The summed E-state index contributed by atoms with van der Waals surface area (Å²) in [5.41, 5.74) is 7.04. The maximum atomic E-state index is 6.18. The standard InChI is InChI=1S/C10H14N2O/c1-13-9-3-6-12-7-8(9)10(11)4-2-5-10/h3,6-7H,2,4-5,11H2,1H3. The van der Waals surface area contributed by atoms with E-state index < -0.39 is 0 Å². The zero-order valence-corrected chi connectivity index (χ0v) is 7.79. The number of aromatic nitrogens is 1.